The first kappa shape index (κ1) is 33.5. The highest BCUT2D eigenvalue weighted by Gasteiger charge is 2.04. The van der Waals surface area contributed by atoms with Crippen LogP contribution in [-0.4, -0.2) is 5.34 Å². The topological polar surface area (TPSA) is 0 Å². The van der Waals surface area contributed by atoms with Crippen molar-refractivity contribution in [1.29, 1.82) is 0 Å². The molecule has 0 N–H and O–H groups in total. The second-order valence-corrected chi connectivity index (χ2v) is 13.6. The Morgan fingerprint density at radius 1 is 0.459 bits per heavy atom. The van der Waals surface area contributed by atoms with Crippen LogP contribution in [0.1, 0.15) is 5.56 Å². The van der Waals surface area contributed by atoms with Gasteiger partial charge in [0, 0.05) is 50.6 Å². The Morgan fingerprint density at radius 3 is 1.14 bits per heavy atom. The van der Waals surface area contributed by atoms with Crippen LogP contribution in [0, 0.1) is 0 Å². The van der Waals surface area contributed by atoms with Crippen LogP contribution in [0.5, 0.6) is 0 Å². The van der Waals surface area contributed by atoms with Gasteiger partial charge in [0.2, 0.25) is 0 Å². The molecular formula is C26H18Cl8S3. The Kier molecular flexibility index (Phi) is 16.8. The van der Waals surface area contributed by atoms with E-state index in [9.17, 15) is 0 Å². The molecule has 0 fully saturated rings. The molecular weight excluding hydrogens is 692 g/mol. The molecule has 0 aliphatic heterocycles. The van der Waals surface area contributed by atoms with Gasteiger partial charge in [0.1, 0.15) is 0 Å². The van der Waals surface area contributed by atoms with Crippen LogP contribution in [0.4, 0.5) is 0 Å². The molecule has 0 aromatic heterocycles. The zero-order valence-electron chi connectivity index (χ0n) is 18.7. The normalized spacial score (nSPS) is 10.2. The number of benzene rings is 4. The molecule has 0 bridgehead atoms. The number of hydrogen-bond acceptors (Lipinski definition) is 3. The maximum atomic E-state index is 5.93. The van der Waals surface area contributed by atoms with Crippen LogP contribution in [0.15, 0.2) is 99.6 Å². The Balaban J connectivity index is 0.000000237. The van der Waals surface area contributed by atoms with Crippen molar-refractivity contribution >= 4 is 126 Å². The zero-order chi connectivity index (χ0) is 27.2. The van der Waals surface area contributed by atoms with Crippen LogP contribution in [0.25, 0.3) is 0 Å². The number of rotatable bonds is 6. The summed E-state index contributed by atoms with van der Waals surface area (Å²) >= 11 is 46.9. The van der Waals surface area contributed by atoms with E-state index in [1.165, 1.54) is 5.56 Å². The van der Waals surface area contributed by atoms with Crippen molar-refractivity contribution in [2.75, 3.05) is 5.34 Å². The molecule has 0 aliphatic rings. The van der Waals surface area contributed by atoms with Gasteiger partial charge in [-0.25, -0.2) is 0 Å². The third-order valence-corrected chi connectivity index (χ3v) is 8.69. The van der Waals surface area contributed by atoms with E-state index in [-0.39, 0.29) is 5.34 Å². The molecule has 0 spiro atoms. The van der Waals surface area contributed by atoms with Gasteiger partial charge in [-0.1, -0.05) is 122 Å². The van der Waals surface area contributed by atoms with Crippen LogP contribution in [-0.2, 0) is 5.75 Å². The average molecular weight is 710 g/mol. The largest absolute Gasteiger partial charge is 0.121 e. The van der Waals surface area contributed by atoms with Gasteiger partial charge in [-0.2, -0.15) is 0 Å². The lowest BCUT2D eigenvalue weighted by atomic mass is 10.2. The molecule has 196 valence electrons. The van der Waals surface area contributed by atoms with Gasteiger partial charge < -0.3 is 0 Å². The zero-order valence-corrected chi connectivity index (χ0v) is 27.2. The van der Waals surface area contributed by atoms with E-state index in [1.54, 1.807) is 51.5 Å². The number of hydrogen-bond donors (Lipinski definition) is 0. The monoisotopic (exact) mass is 706 g/mol. The third kappa shape index (κ3) is 14.4. The van der Waals surface area contributed by atoms with Crippen LogP contribution in [0.2, 0.25) is 30.1 Å². The predicted molar refractivity (Wildman–Crippen MR) is 174 cm³/mol. The fraction of sp³-hybridized carbons (Fsp3) is 0.0769. The quantitative estimate of drug-likeness (QED) is 0.111. The average Bonchev–Trinajstić information content (AvgIpc) is 2.81. The molecule has 0 radical (unpaired) electrons. The molecule has 0 amide bonds. The van der Waals surface area contributed by atoms with E-state index < -0.39 is 0 Å². The first-order valence-electron chi connectivity index (χ1n) is 10.2. The second-order valence-electron chi connectivity index (χ2n) is 6.86. The highest BCUT2D eigenvalue weighted by Crippen LogP contribution is 2.41. The van der Waals surface area contributed by atoms with Crippen LogP contribution < -0.4 is 0 Å². The van der Waals surface area contributed by atoms with Crippen molar-refractivity contribution in [3.63, 3.8) is 0 Å². The summed E-state index contributed by atoms with van der Waals surface area (Å²) in [5.74, 6) is 0.928. The molecule has 37 heavy (non-hydrogen) atoms. The van der Waals surface area contributed by atoms with Gasteiger partial charge in [-0.3, -0.25) is 0 Å². The van der Waals surface area contributed by atoms with Crippen molar-refractivity contribution < 1.29 is 0 Å². The van der Waals surface area contributed by atoms with Gasteiger partial charge in [0.15, 0.2) is 0 Å². The maximum Gasteiger partial charge on any atom is 0.0967 e. The molecule has 11 heteroatoms. The molecule has 0 aliphatic carbocycles. The second kappa shape index (κ2) is 18.6. The lowest BCUT2D eigenvalue weighted by molar-refractivity contribution is 1.38. The number of thioether (sulfide) groups is 1. The summed E-state index contributed by atoms with van der Waals surface area (Å²) in [4.78, 5) is 3.06. The molecule has 0 saturated carbocycles. The van der Waals surface area contributed by atoms with E-state index in [2.05, 4.69) is 12.1 Å². The molecule has 0 unspecified atom stereocenters. The van der Waals surface area contributed by atoms with E-state index in [0.717, 1.165) is 20.4 Å². The summed E-state index contributed by atoms with van der Waals surface area (Å²) in [5, 5.41) is 4.04. The van der Waals surface area contributed by atoms with E-state index in [0.29, 0.717) is 30.1 Å². The van der Waals surface area contributed by atoms with Gasteiger partial charge in [-0.05, 0) is 60.2 Å². The summed E-state index contributed by atoms with van der Waals surface area (Å²) in [7, 11) is 3.10. The van der Waals surface area contributed by atoms with Gasteiger partial charge in [0.25, 0.3) is 0 Å². The Labute approximate surface area is 270 Å². The SMILES string of the molecule is ClCCl.Clc1cc(Cl)cc(SCc2ccccc2)c1.Clc1cc(Cl)cc(SSc2cc(Cl)cc(Cl)c2)c1. The van der Waals surface area contributed by atoms with Crippen molar-refractivity contribution in [2.45, 2.75) is 20.4 Å². The number of halogens is 8. The van der Waals surface area contributed by atoms with Gasteiger partial charge in [0.05, 0.1) is 5.34 Å². The van der Waals surface area contributed by atoms with Gasteiger partial charge in [-0.15, -0.1) is 35.0 Å². The number of alkyl halides is 2. The molecule has 4 rings (SSSR count). The van der Waals surface area contributed by atoms with Gasteiger partial charge >= 0.3 is 0 Å². The Bertz CT molecular complexity index is 1140. The minimum Gasteiger partial charge on any atom is -0.121 e. The fourth-order valence-electron chi connectivity index (χ4n) is 2.60. The first-order valence-corrected chi connectivity index (χ1v) is 16.7. The lowest BCUT2D eigenvalue weighted by Gasteiger charge is -2.04. The van der Waals surface area contributed by atoms with E-state index in [1.807, 2.05) is 54.6 Å². The Hall–Kier alpha value is 0.250. The van der Waals surface area contributed by atoms with E-state index in [4.69, 9.17) is 92.8 Å². The standard InChI is InChI=1S/C13H10Cl2S.C12H6Cl4S2.CH2Cl2/c14-11-6-12(15)8-13(7-11)16-9-10-4-2-1-3-5-10;13-7-1-8(14)4-11(3-7)17-18-12-5-9(15)2-10(16)6-12;2-1-3/h1-8H,9H2;1-6H;1H2. The highest BCUT2D eigenvalue weighted by atomic mass is 35.5. The predicted octanol–water partition coefficient (Wildman–Crippen LogP) is 13.8. The van der Waals surface area contributed by atoms with Crippen LogP contribution in [0.3, 0.4) is 0 Å². The lowest BCUT2D eigenvalue weighted by Crippen LogP contribution is -1.79. The summed E-state index contributed by atoms with van der Waals surface area (Å²) in [6.45, 7) is 0. The van der Waals surface area contributed by atoms with Crippen LogP contribution >= 0.6 is 126 Å². The minimum atomic E-state index is 0.194. The molecule has 0 saturated heterocycles. The summed E-state index contributed by atoms with van der Waals surface area (Å²) < 4.78 is 0. The molecule has 4 aromatic rings. The smallest absolute Gasteiger partial charge is 0.0967 e. The van der Waals surface area contributed by atoms with Crippen molar-refractivity contribution in [3.05, 3.63) is 121 Å². The van der Waals surface area contributed by atoms with Crippen molar-refractivity contribution in [1.82, 2.24) is 0 Å². The first-order chi connectivity index (χ1) is 17.7. The van der Waals surface area contributed by atoms with Crippen molar-refractivity contribution in [3.8, 4) is 0 Å². The molecule has 4 aromatic carbocycles. The summed E-state index contributed by atoms with van der Waals surface area (Å²) in [6, 6.07) is 26.8. The van der Waals surface area contributed by atoms with E-state index >= 15 is 0 Å². The van der Waals surface area contributed by atoms with Crippen molar-refractivity contribution in [2.24, 2.45) is 0 Å². The molecule has 0 nitrogen and oxygen atoms in total. The Morgan fingerprint density at radius 2 is 0.784 bits per heavy atom. The fourth-order valence-corrected chi connectivity index (χ4v) is 7.56. The highest BCUT2D eigenvalue weighted by molar-refractivity contribution is 8.76. The molecule has 0 atom stereocenters. The minimum absolute atomic E-state index is 0.194. The summed E-state index contributed by atoms with van der Waals surface area (Å²) in [6.07, 6.45) is 0. The maximum absolute atomic E-state index is 5.93. The summed E-state index contributed by atoms with van der Waals surface area (Å²) in [5.41, 5.74) is 1.29. The third-order valence-electron chi connectivity index (χ3n) is 3.99. The molecule has 0 heterocycles.